The van der Waals surface area contributed by atoms with Crippen molar-refractivity contribution in [2.75, 3.05) is 0 Å². The van der Waals surface area contributed by atoms with Crippen molar-refractivity contribution in [2.24, 2.45) is 0 Å². The number of aromatic hydroxyl groups is 1. The first-order valence-electron chi connectivity index (χ1n) is 5.29. The summed E-state index contributed by atoms with van der Waals surface area (Å²) in [4.78, 5) is 0. The summed E-state index contributed by atoms with van der Waals surface area (Å²) in [6.45, 7) is 4.28. The predicted molar refractivity (Wildman–Crippen MR) is 69.0 cm³/mol. The molecular weight excluding hydrogens is 212 g/mol. The van der Waals surface area contributed by atoms with Gasteiger partial charge in [0.2, 0.25) is 0 Å². The number of aryl methyl sites for hydroxylation is 1. The van der Waals surface area contributed by atoms with Gasteiger partial charge >= 0.3 is 0 Å². The van der Waals surface area contributed by atoms with Crippen molar-refractivity contribution >= 4 is 19.9 Å². The Bertz CT molecular complexity index is 506. The second kappa shape index (κ2) is 4.54. The molecule has 0 saturated carbocycles. The molecule has 0 aliphatic rings. The van der Waals surface area contributed by atoms with Crippen LogP contribution in [0.15, 0.2) is 42.5 Å². The van der Waals surface area contributed by atoms with E-state index in [4.69, 9.17) is 0 Å². The summed E-state index contributed by atoms with van der Waals surface area (Å²) < 4.78 is 0. The molecule has 0 aromatic heterocycles. The van der Waals surface area contributed by atoms with E-state index in [2.05, 4.69) is 38.1 Å². The lowest BCUT2D eigenvalue weighted by molar-refractivity contribution is 0.476. The molecule has 0 aliphatic heterocycles. The summed E-state index contributed by atoms with van der Waals surface area (Å²) in [5.41, 5.74) is 2.68. The molecule has 0 amide bonds. The fourth-order valence-electron chi connectivity index (χ4n) is 1.63. The standard InChI is InChI=1S/C14H14OSi/c1-10-5-3-8-14(11(10)2)16-13-7-4-6-12(15)9-13/h3-9,15H,1-2H3. The molecule has 0 aliphatic carbocycles. The zero-order valence-electron chi connectivity index (χ0n) is 9.49. The Morgan fingerprint density at radius 2 is 1.75 bits per heavy atom. The molecule has 0 saturated heterocycles. The second-order valence-corrected chi connectivity index (χ2v) is 5.29. The highest BCUT2D eigenvalue weighted by Gasteiger charge is 2.03. The third-order valence-electron chi connectivity index (χ3n) is 2.73. The summed E-state index contributed by atoms with van der Waals surface area (Å²) in [6, 6.07) is 13.9. The fourth-order valence-corrected chi connectivity index (χ4v) is 2.90. The molecule has 0 spiro atoms. The van der Waals surface area contributed by atoms with Gasteiger partial charge in [-0.3, -0.25) is 0 Å². The normalized spacial score (nSPS) is 10.4. The van der Waals surface area contributed by atoms with E-state index >= 15 is 0 Å². The van der Waals surface area contributed by atoms with E-state index in [0.717, 1.165) is 0 Å². The number of rotatable bonds is 2. The minimum Gasteiger partial charge on any atom is -0.508 e. The van der Waals surface area contributed by atoms with E-state index in [-0.39, 0.29) is 0 Å². The Kier molecular flexibility index (Phi) is 3.11. The van der Waals surface area contributed by atoms with Crippen molar-refractivity contribution in [1.29, 1.82) is 0 Å². The van der Waals surface area contributed by atoms with Crippen molar-refractivity contribution < 1.29 is 5.11 Å². The van der Waals surface area contributed by atoms with Gasteiger partial charge in [-0.1, -0.05) is 40.7 Å². The van der Waals surface area contributed by atoms with Gasteiger partial charge in [-0.15, -0.1) is 0 Å². The molecule has 2 heteroatoms. The van der Waals surface area contributed by atoms with Gasteiger partial charge in [0.1, 0.15) is 15.3 Å². The lowest BCUT2D eigenvalue weighted by atomic mass is 10.1. The van der Waals surface area contributed by atoms with Gasteiger partial charge < -0.3 is 5.11 Å². The lowest BCUT2D eigenvalue weighted by Crippen LogP contribution is -2.29. The third kappa shape index (κ3) is 2.34. The summed E-state index contributed by atoms with van der Waals surface area (Å²) >= 11 is 0. The van der Waals surface area contributed by atoms with Crippen LogP contribution in [0.1, 0.15) is 11.1 Å². The lowest BCUT2D eigenvalue weighted by Gasteiger charge is -2.07. The second-order valence-electron chi connectivity index (χ2n) is 3.92. The Hall–Kier alpha value is -1.54. The molecule has 0 unspecified atom stereocenters. The highest BCUT2D eigenvalue weighted by Crippen LogP contribution is 2.04. The van der Waals surface area contributed by atoms with E-state index in [1.807, 2.05) is 12.1 Å². The SMILES string of the molecule is Cc1cccc([Si]c2cccc(O)c2)c1C. The molecule has 0 heterocycles. The molecule has 1 nitrogen and oxygen atoms in total. The van der Waals surface area contributed by atoms with Gasteiger partial charge in [-0.2, -0.15) is 0 Å². The minimum absolute atomic E-state index is 0.343. The molecule has 16 heavy (non-hydrogen) atoms. The van der Waals surface area contributed by atoms with Crippen LogP contribution in [0.25, 0.3) is 0 Å². The van der Waals surface area contributed by atoms with Crippen LogP contribution in [0.4, 0.5) is 0 Å². The Labute approximate surface area is 98.6 Å². The molecule has 2 aromatic rings. The van der Waals surface area contributed by atoms with Crippen LogP contribution in [0.5, 0.6) is 5.75 Å². The first-order chi connectivity index (χ1) is 7.66. The maximum atomic E-state index is 9.42. The zero-order valence-corrected chi connectivity index (χ0v) is 10.5. The van der Waals surface area contributed by atoms with Gasteiger partial charge in [-0.05, 0) is 37.1 Å². The van der Waals surface area contributed by atoms with Crippen molar-refractivity contribution in [3.05, 3.63) is 53.6 Å². The van der Waals surface area contributed by atoms with E-state index in [1.165, 1.54) is 21.5 Å². The van der Waals surface area contributed by atoms with Crippen molar-refractivity contribution in [2.45, 2.75) is 13.8 Å². The number of phenols is 1. The van der Waals surface area contributed by atoms with Crippen molar-refractivity contribution in [3.8, 4) is 5.75 Å². The van der Waals surface area contributed by atoms with Crippen LogP contribution in [0, 0.1) is 13.8 Å². The average Bonchev–Trinajstić information content (AvgIpc) is 2.25. The molecule has 1 N–H and O–H groups in total. The third-order valence-corrected chi connectivity index (χ3v) is 4.14. The largest absolute Gasteiger partial charge is 0.508 e. The average molecular weight is 226 g/mol. The predicted octanol–water partition coefficient (Wildman–Crippen LogP) is 1.66. The maximum Gasteiger partial charge on any atom is 0.122 e. The van der Waals surface area contributed by atoms with Crippen LogP contribution in [0.2, 0.25) is 0 Å². The van der Waals surface area contributed by atoms with Crippen molar-refractivity contribution in [3.63, 3.8) is 0 Å². The number of phenolic OH excluding ortho intramolecular Hbond substituents is 1. The van der Waals surface area contributed by atoms with Gasteiger partial charge in [0.05, 0.1) is 0 Å². The summed E-state index contributed by atoms with van der Waals surface area (Å²) in [5.74, 6) is 0.343. The van der Waals surface area contributed by atoms with E-state index in [0.29, 0.717) is 15.3 Å². The molecule has 0 atom stereocenters. The molecule has 80 valence electrons. The molecular formula is C14H14OSi. The smallest absolute Gasteiger partial charge is 0.122 e. The minimum atomic E-state index is 0.343. The number of hydrogen-bond donors (Lipinski definition) is 1. The quantitative estimate of drug-likeness (QED) is 0.772. The van der Waals surface area contributed by atoms with Gasteiger partial charge in [0.25, 0.3) is 0 Å². The Morgan fingerprint density at radius 1 is 1.00 bits per heavy atom. The number of benzene rings is 2. The monoisotopic (exact) mass is 226 g/mol. The van der Waals surface area contributed by atoms with Crippen LogP contribution in [-0.4, -0.2) is 14.6 Å². The first kappa shape index (κ1) is 11.0. The summed E-state index contributed by atoms with van der Waals surface area (Å²) in [7, 11) is 0.608. The van der Waals surface area contributed by atoms with Gasteiger partial charge in [0.15, 0.2) is 0 Å². The molecule has 2 rings (SSSR count). The maximum absolute atomic E-state index is 9.42. The van der Waals surface area contributed by atoms with Crippen molar-refractivity contribution in [1.82, 2.24) is 0 Å². The van der Waals surface area contributed by atoms with E-state index in [9.17, 15) is 5.11 Å². The topological polar surface area (TPSA) is 20.2 Å². The van der Waals surface area contributed by atoms with Gasteiger partial charge in [0, 0.05) is 0 Å². The van der Waals surface area contributed by atoms with Crippen LogP contribution < -0.4 is 10.4 Å². The van der Waals surface area contributed by atoms with Crippen LogP contribution >= 0.6 is 0 Å². The van der Waals surface area contributed by atoms with E-state index < -0.39 is 0 Å². The van der Waals surface area contributed by atoms with Crippen LogP contribution in [0.3, 0.4) is 0 Å². The summed E-state index contributed by atoms with van der Waals surface area (Å²) in [6.07, 6.45) is 0. The molecule has 0 bridgehead atoms. The summed E-state index contributed by atoms with van der Waals surface area (Å²) in [5, 5.41) is 11.9. The fraction of sp³-hybridized carbons (Fsp3) is 0.143. The Morgan fingerprint density at radius 3 is 2.50 bits per heavy atom. The zero-order chi connectivity index (χ0) is 11.5. The highest BCUT2D eigenvalue weighted by molar-refractivity contribution is 6.67. The number of hydrogen-bond acceptors (Lipinski definition) is 1. The molecule has 2 aromatic carbocycles. The Balaban J connectivity index is 2.31. The highest BCUT2D eigenvalue weighted by atomic mass is 28.2. The first-order valence-corrected chi connectivity index (χ1v) is 6.29. The molecule has 0 fully saturated rings. The van der Waals surface area contributed by atoms with E-state index in [1.54, 1.807) is 6.07 Å². The van der Waals surface area contributed by atoms with Crippen LogP contribution in [-0.2, 0) is 0 Å². The van der Waals surface area contributed by atoms with Gasteiger partial charge in [-0.25, -0.2) is 0 Å². The molecule has 2 radical (unpaired) electrons.